The largest absolute Gasteiger partial charge is 0.433 e. The van der Waals surface area contributed by atoms with E-state index in [1.165, 1.54) is 0 Å². The van der Waals surface area contributed by atoms with Gasteiger partial charge in [0.25, 0.3) is 5.89 Å². The molecule has 3 aromatic rings. The molecule has 0 aliphatic rings. The summed E-state index contributed by atoms with van der Waals surface area (Å²) in [5.41, 5.74) is 1.79. The number of hydrogen-bond donors (Lipinski definition) is 0. The summed E-state index contributed by atoms with van der Waals surface area (Å²) in [7, 11) is 0. The van der Waals surface area contributed by atoms with Gasteiger partial charge >= 0.3 is 0 Å². The molecule has 2 aromatic carbocycles. The molecule has 0 unspecified atom stereocenters. The molecule has 0 radical (unpaired) electrons. The first-order valence-electron chi connectivity index (χ1n) is 5.40. The highest BCUT2D eigenvalue weighted by atomic mass is 35.5. The zero-order valence-corrected chi connectivity index (χ0v) is 10.0. The first-order chi connectivity index (χ1) is 8.74. The number of carbonyl (C=O) groups excluding carboxylic acids is 1. The smallest absolute Gasteiger partial charge is 0.269 e. The second kappa shape index (κ2) is 4.27. The van der Waals surface area contributed by atoms with Crippen molar-refractivity contribution in [1.82, 2.24) is 4.98 Å². The van der Waals surface area contributed by atoms with Crippen LogP contribution in [0.15, 0.2) is 52.9 Å². The zero-order chi connectivity index (χ0) is 12.5. The summed E-state index contributed by atoms with van der Waals surface area (Å²) in [4.78, 5) is 16.3. The molecule has 0 spiro atoms. The Morgan fingerprint density at radius 2 is 1.78 bits per heavy atom. The summed E-state index contributed by atoms with van der Waals surface area (Å²) < 4.78 is 5.42. The summed E-state index contributed by atoms with van der Waals surface area (Å²) >= 11 is 5.78. The van der Waals surface area contributed by atoms with Crippen LogP contribution in [-0.2, 0) is 0 Å². The van der Waals surface area contributed by atoms with Crippen molar-refractivity contribution < 1.29 is 9.21 Å². The molecule has 1 heterocycles. The predicted molar refractivity (Wildman–Crippen MR) is 68.9 cm³/mol. The van der Waals surface area contributed by atoms with E-state index in [9.17, 15) is 4.79 Å². The molecule has 88 valence electrons. The standard InChI is InChI=1S/C14H8ClNO2/c15-10-7-5-9(6-8-10)13(17)14-16-11-3-1-2-4-12(11)18-14/h1-8H. The lowest BCUT2D eigenvalue weighted by molar-refractivity contribution is 0.100. The normalized spacial score (nSPS) is 10.7. The Morgan fingerprint density at radius 3 is 2.50 bits per heavy atom. The van der Waals surface area contributed by atoms with Crippen molar-refractivity contribution in [2.75, 3.05) is 0 Å². The first kappa shape index (κ1) is 11.0. The van der Waals surface area contributed by atoms with E-state index < -0.39 is 0 Å². The van der Waals surface area contributed by atoms with Gasteiger partial charge in [-0.3, -0.25) is 4.79 Å². The highest BCUT2D eigenvalue weighted by Crippen LogP contribution is 2.18. The maximum atomic E-state index is 12.1. The van der Waals surface area contributed by atoms with E-state index in [2.05, 4.69) is 4.98 Å². The zero-order valence-electron chi connectivity index (χ0n) is 9.26. The second-order valence-electron chi connectivity index (χ2n) is 3.82. The van der Waals surface area contributed by atoms with Gasteiger partial charge in [-0.15, -0.1) is 0 Å². The van der Waals surface area contributed by atoms with Crippen LogP contribution in [0, 0.1) is 0 Å². The second-order valence-corrected chi connectivity index (χ2v) is 4.26. The third kappa shape index (κ3) is 1.89. The topological polar surface area (TPSA) is 43.1 Å². The van der Waals surface area contributed by atoms with Crippen molar-refractivity contribution in [3.8, 4) is 0 Å². The Balaban J connectivity index is 2.03. The molecule has 0 saturated carbocycles. The fourth-order valence-corrected chi connectivity index (χ4v) is 1.82. The lowest BCUT2D eigenvalue weighted by Crippen LogP contribution is -2.00. The van der Waals surface area contributed by atoms with Gasteiger partial charge in [-0.2, -0.15) is 0 Å². The van der Waals surface area contributed by atoms with Gasteiger partial charge in [0.05, 0.1) is 0 Å². The van der Waals surface area contributed by atoms with Gasteiger partial charge in [-0.25, -0.2) is 4.98 Å². The Morgan fingerprint density at radius 1 is 1.06 bits per heavy atom. The minimum atomic E-state index is -0.247. The molecular weight excluding hydrogens is 250 g/mol. The van der Waals surface area contributed by atoms with Crippen molar-refractivity contribution in [3.05, 3.63) is 65.0 Å². The van der Waals surface area contributed by atoms with Crippen molar-refractivity contribution >= 4 is 28.5 Å². The molecule has 3 rings (SSSR count). The average molecular weight is 258 g/mol. The van der Waals surface area contributed by atoms with Gasteiger partial charge in [0.1, 0.15) is 5.52 Å². The van der Waals surface area contributed by atoms with Gasteiger partial charge in [0, 0.05) is 10.6 Å². The Labute approximate surface area is 108 Å². The Bertz CT molecular complexity index is 683. The molecule has 4 heteroatoms. The Kier molecular flexibility index (Phi) is 2.61. The van der Waals surface area contributed by atoms with Gasteiger partial charge < -0.3 is 4.42 Å². The molecule has 18 heavy (non-hydrogen) atoms. The number of hydrogen-bond acceptors (Lipinski definition) is 3. The number of para-hydroxylation sites is 2. The van der Waals surface area contributed by atoms with Crippen LogP contribution in [-0.4, -0.2) is 10.8 Å². The van der Waals surface area contributed by atoms with Crippen LogP contribution in [0.4, 0.5) is 0 Å². The number of rotatable bonds is 2. The number of fused-ring (bicyclic) bond motifs is 1. The molecular formula is C14H8ClNO2. The molecule has 0 saturated heterocycles. The third-order valence-corrected chi connectivity index (χ3v) is 2.85. The quantitative estimate of drug-likeness (QED) is 0.657. The number of oxazole rings is 1. The van der Waals surface area contributed by atoms with Crippen LogP contribution in [0.5, 0.6) is 0 Å². The van der Waals surface area contributed by atoms with E-state index in [0.29, 0.717) is 21.7 Å². The fraction of sp³-hybridized carbons (Fsp3) is 0. The first-order valence-corrected chi connectivity index (χ1v) is 5.78. The number of aromatic nitrogens is 1. The lowest BCUT2D eigenvalue weighted by atomic mass is 10.1. The van der Waals surface area contributed by atoms with E-state index >= 15 is 0 Å². The van der Waals surface area contributed by atoms with Crippen molar-refractivity contribution in [1.29, 1.82) is 0 Å². The molecule has 0 amide bonds. The van der Waals surface area contributed by atoms with Crippen LogP contribution in [0.2, 0.25) is 5.02 Å². The molecule has 0 bridgehead atoms. The third-order valence-electron chi connectivity index (χ3n) is 2.59. The lowest BCUT2D eigenvalue weighted by Gasteiger charge is -1.95. The van der Waals surface area contributed by atoms with Crippen LogP contribution in [0.3, 0.4) is 0 Å². The predicted octanol–water partition coefficient (Wildman–Crippen LogP) is 3.71. The summed E-state index contributed by atoms with van der Waals surface area (Å²) in [6, 6.07) is 13.9. The number of carbonyl (C=O) groups is 1. The van der Waals surface area contributed by atoms with E-state index in [-0.39, 0.29) is 11.7 Å². The molecule has 0 atom stereocenters. The number of benzene rings is 2. The van der Waals surface area contributed by atoms with Crippen molar-refractivity contribution in [2.45, 2.75) is 0 Å². The van der Waals surface area contributed by atoms with E-state index in [1.54, 1.807) is 36.4 Å². The monoisotopic (exact) mass is 257 g/mol. The molecule has 0 aliphatic carbocycles. The molecule has 3 nitrogen and oxygen atoms in total. The SMILES string of the molecule is O=C(c1ccc(Cl)cc1)c1nc2ccccc2o1. The van der Waals surface area contributed by atoms with Gasteiger partial charge in [0.2, 0.25) is 5.78 Å². The van der Waals surface area contributed by atoms with Crippen molar-refractivity contribution in [2.24, 2.45) is 0 Å². The van der Waals surface area contributed by atoms with Crippen LogP contribution >= 0.6 is 11.6 Å². The number of ketones is 1. The van der Waals surface area contributed by atoms with Crippen molar-refractivity contribution in [3.63, 3.8) is 0 Å². The molecule has 0 N–H and O–H groups in total. The Hall–Kier alpha value is -2.13. The summed E-state index contributed by atoms with van der Waals surface area (Å²) in [5.74, 6) is -0.151. The highest BCUT2D eigenvalue weighted by Gasteiger charge is 2.15. The summed E-state index contributed by atoms with van der Waals surface area (Å²) in [6.45, 7) is 0. The van der Waals surface area contributed by atoms with E-state index in [4.69, 9.17) is 16.0 Å². The fourth-order valence-electron chi connectivity index (χ4n) is 1.69. The van der Waals surface area contributed by atoms with Gasteiger partial charge in [-0.1, -0.05) is 23.7 Å². The molecule has 0 fully saturated rings. The molecule has 0 aliphatic heterocycles. The van der Waals surface area contributed by atoms with Gasteiger partial charge in [-0.05, 0) is 36.4 Å². The highest BCUT2D eigenvalue weighted by molar-refractivity contribution is 6.30. The summed E-state index contributed by atoms with van der Waals surface area (Å²) in [6.07, 6.45) is 0. The van der Waals surface area contributed by atoms with Crippen LogP contribution in [0.1, 0.15) is 16.2 Å². The van der Waals surface area contributed by atoms with E-state index in [1.807, 2.05) is 12.1 Å². The van der Waals surface area contributed by atoms with E-state index in [0.717, 1.165) is 0 Å². The maximum Gasteiger partial charge on any atom is 0.269 e. The van der Waals surface area contributed by atoms with Crippen LogP contribution in [0.25, 0.3) is 11.1 Å². The number of halogens is 1. The number of nitrogens with zero attached hydrogens (tertiary/aromatic N) is 1. The minimum Gasteiger partial charge on any atom is -0.433 e. The van der Waals surface area contributed by atoms with Crippen LogP contribution < -0.4 is 0 Å². The minimum absolute atomic E-state index is 0.0959. The molecule has 1 aromatic heterocycles. The average Bonchev–Trinajstić information content (AvgIpc) is 2.82. The summed E-state index contributed by atoms with van der Waals surface area (Å²) in [5, 5.41) is 0.587. The van der Waals surface area contributed by atoms with Gasteiger partial charge in [0.15, 0.2) is 5.58 Å². The maximum absolute atomic E-state index is 12.1.